The summed E-state index contributed by atoms with van der Waals surface area (Å²) in [5.41, 5.74) is 0.625. The van der Waals surface area contributed by atoms with Gasteiger partial charge in [0.25, 0.3) is 0 Å². The van der Waals surface area contributed by atoms with Crippen LogP contribution >= 0.6 is 0 Å². The minimum atomic E-state index is -0.106. The summed E-state index contributed by atoms with van der Waals surface area (Å²) in [6, 6.07) is 0.0227. The summed E-state index contributed by atoms with van der Waals surface area (Å²) in [4.78, 5) is 22.2. The molecule has 3 heteroatoms. The fourth-order valence-corrected chi connectivity index (χ4v) is 1.08. The molecule has 15 heavy (non-hydrogen) atoms. The van der Waals surface area contributed by atoms with Crippen LogP contribution in [0, 0.1) is 0 Å². The number of amides is 1. The predicted octanol–water partition coefficient (Wildman–Crippen LogP) is 1.99. The Morgan fingerprint density at radius 3 is 2.47 bits per heavy atom. The summed E-state index contributed by atoms with van der Waals surface area (Å²) >= 11 is 0. The van der Waals surface area contributed by atoms with Gasteiger partial charge in [0.1, 0.15) is 5.78 Å². The van der Waals surface area contributed by atoms with Crippen molar-refractivity contribution in [3.8, 4) is 0 Å². The van der Waals surface area contributed by atoms with Crippen molar-refractivity contribution < 1.29 is 9.59 Å². The van der Waals surface area contributed by atoms with Crippen LogP contribution < -0.4 is 5.32 Å². The molecular formula is C12H19NO2. The topological polar surface area (TPSA) is 46.2 Å². The van der Waals surface area contributed by atoms with E-state index >= 15 is 0 Å². The normalized spacial score (nSPS) is 13.1. The highest BCUT2D eigenvalue weighted by Gasteiger charge is 2.08. The largest absolute Gasteiger partial charge is 0.350 e. The molecule has 0 spiro atoms. The van der Waals surface area contributed by atoms with Crippen LogP contribution in [0.25, 0.3) is 0 Å². The predicted molar refractivity (Wildman–Crippen MR) is 61.5 cm³/mol. The van der Waals surface area contributed by atoms with Crippen molar-refractivity contribution in [1.82, 2.24) is 5.32 Å². The maximum absolute atomic E-state index is 11.5. The Bertz CT molecular complexity index is 279. The van der Waals surface area contributed by atoms with Gasteiger partial charge in [-0.05, 0) is 27.2 Å². The van der Waals surface area contributed by atoms with E-state index in [4.69, 9.17) is 0 Å². The molecule has 0 bridgehead atoms. The number of carbonyl (C=O) groups excluding carboxylic acids is 2. The molecule has 3 nitrogen and oxygen atoms in total. The van der Waals surface area contributed by atoms with Crippen LogP contribution in [-0.2, 0) is 9.59 Å². The number of ketones is 1. The first-order chi connectivity index (χ1) is 6.97. The van der Waals surface area contributed by atoms with Crippen molar-refractivity contribution in [3.63, 3.8) is 0 Å². The number of carbonyl (C=O) groups is 2. The Morgan fingerprint density at radius 2 is 2.00 bits per heavy atom. The monoisotopic (exact) mass is 209 g/mol. The van der Waals surface area contributed by atoms with Gasteiger partial charge in [0.05, 0.1) is 0 Å². The molecule has 0 aliphatic rings. The van der Waals surface area contributed by atoms with Crippen molar-refractivity contribution in [2.24, 2.45) is 0 Å². The van der Waals surface area contributed by atoms with Crippen LogP contribution in [0.2, 0.25) is 0 Å². The molecule has 0 heterocycles. The van der Waals surface area contributed by atoms with Crippen LogP contribution in [0.3, 0.4) is 0 Å². The molecule has 0 aromatic heterocycles. The minimum absolute atomic E-state index is 0.0227. The van der Waals surface area contributed by atoms with Crippen LogP contribution in [0.1, 0.15) is 33.6 Å². The molecule has 0 fully saturated rings. The second-order valence-corrected chi connectivity index (χ2v) is 3.70. The van der Waals surface area contributed by atoms with Gasteiger partial charge in [0.15, 0.2) is 0 Å². The fourth-order valence-electron chi connectivity index (χ4n) is 1.08. The molecule has 0 aromatic carbocycles. The number of Topliss-reactive ketones (excluding diaryl/α,β-unsaturated/α-hetero) is 1. The Kier molecular flexibility index (Phi) is 6.34. The van der Waals surface area contributed by atoms with E-state index in [9.17, 15) is 9.59 Å². The van der Waals surface area contributed by atoms with Crippen LogP contribution in [-0.4, -0.2) is 17.7 Å². The third-order valence-corrected chi connectivity index (χ3v) is 2.03. The van der Waals surface area contributed by atoms with E-state index in [-0.39, 0.29) is 17.7 Å². The van der Waals surface area contributed by atoms with E-state index in [1.807, 2.05) is 6.92 Å². The molecule has 1 unspecified atom stereocenters. The van der Waals surface area contributed by atoms with Gasteiger partial charge in [0.2, 0.25) is 5.91 Å². The molecule has 0 radical (unpaired) electrons. The maximum Gasteiger partial charge on any atom is 0.247 e. The first-order valence-electron chi connectivity index (χ1n) is 5.07. The Morgan fingerprint density at radius 1 is 1.40 bits per heavy atom. The summed E-state index contributed by atoms with van der Waals surface area (Å²) < 4.78 is 0. The van der Waals surface area contributed by atoms with Crippen molar-refractivity contribution >= 4 is 11.7 Å². The van der Waals surface area contributed by atoms with Crippen molar-refractivity contribution in [3.05, 3.63) is 24.3 Å². The molecule has 0 aliphatic carbocycles. The van der Waals surface area contributed by atoms with Crippen molar-refractivity contribution in [1.29, 1.82) is 0 Å². The van der Waals surface area contributed by atoms with Gasteiger partial charge in [-0.1, -0.05) is 18.7 Å². The third kappa shape index (κ3) is 6.66. The number of allylic oxidation sites excluding steroid dienone is 2. The van der Waals surface area contributed by atoms with Gasteiger partial charge in [-0.2, -0.15) is 0 Å². The quantitative estimate of drug-likeness (QED) is 0.537. The van der Waals surface area contributed by atoms with Gasteiger partial charge < -0.3 is 10.1 Å². The highest BCUT2D eigenvalue weighted by atomic mass is 16.1. The van der Waals surface area contributed by atoms with Crippen LogP contribution in [0.4, 0.5) is 0 Å². The van der Waals surface area contributed by atoms with Gasteiger partial charge in [0, 0.05) is 18.0 Å². The molecule has 0 aromatic rings. The maximum atomic E-state index is 11.5. The van der Waals surface area contributed by atoms with E-state index in [0.717, 1.165) is 0 Å². The van der Waals surface area contributed by atoms with Crippen LogP contribution in [0.15, 0.2) is 24.3 Å². The fraction of sp³-hybridized carbons (Fsp3) is 0.500. The van der Waals surface area contributed by atoms with Crippen molar-refractivity contribution in [2.75, 3.05) is 0 Å². The lowest BCUT2D eigenvalue weighted by molar-refractivity contribution is -0.119. The summed E-state index contributed by atoms with van der Waals surface area (Å²) in [5.74, 6) is 0.0420. The first kappa shape index (κ1) is 13.6. The average Bonchev–Trinajstić information content (AvgIpc) is 2.15. The number of nitrogens with one attached hydrogen (secondary N) is 1. The molecule has 1 atom stereocenters. The summed E-state index contributed by atoms with van der Waals surface area (Å²) in [7, 11) is 0. The average molecular weight is 209 g/mol. The number of hydrogen-bond acceptors (Lipinski definition) is 2. The third-order valence-electron chi connectivity index (χ3n) is 2.03. The van der Waals surface area contributed by atoms with Crippen molar-refractivity contribution in [2.45, 2.75) is 39.7 Å². The van der Waals surface area contributed by atoms with E-state index in [0.29, 0.717) is 18.4 Å². The van der Waals surface area contributed by atoms with Crippen LogP contribution in [0.5, 0.6) is 0 Å². The summed E-state index contributed by atoms with van der Waals surface area (Å²) in [5, 5.41) is 2.81. The molecule has 0 aliphatic heterocycles. The Hall–Kier alpha value is -1.38. The zero-order valence-corrected chi connectivity index (χ0v) is 9.67. The van der Waals surface area contributed by atoms with E-state index in [1.54, 1.807) is 26.0 Å². The summed E-state index contributed by atoms with van der Waals surface area (Å²) in [6.07, 6.45) is 4.43. The highest BCUT2D eigenvalue weighted by molar-refractivity contribution is 5.93. The standard InChI is InChI=1S/C12H19NO2/c1-5-6-9(2)12(15)13-10(3)7-8-11(4)14/h5-6,10H,1,7-8H2,2-4H3,(H,13,15)/b9-6+. The zero-order chi connectivity index (χ0) is 11.8. The molecule has 1 N–H and O–H groups in total. The lowest BCUT2D eigenvalue weighted by Gasteiger charge is -2.12. The molecular weight excluding hydrogens is 190 g/mol. The van der Waals surface area contributed by atoms with E-state index in [2.05, 4.69) is 11.9 Å². The molecule has 0 saturated carbocycles. The smallest absolute Gasteiger partial charge is 0.247 e. The summed E-state index contributed by atoms with van der Waals surface area (Å²) in [6.45, 7) is 8.70. The van der Waals surface area contributed by atoms with Gasteiger partial charge in [-0.3, -0.25) is 4.79 Å². The number of hydrogen-bond donors (Lipinski definition) is 1. The second kappa shape index (κ2) is 6.98. The lowest BCUT2D eigenvalue weighted by Crippen LogP contribution is -2.33. The van der Waals surface area contributed by atoms with Gasteiger partial charge >= 0.3 is 0 Å². The van der Waals surface area contributed by atoms with Gasteiger partial charge in [-0.15, -0.1) is 0 Å². The Labute approximate surface area is 91.2 Å². The zero-order valence-electron chi connectivity index (χ0n) is 9.67. The molecule has 1 amide bonds. The SMILES string of the molecule is C=C/C=C(\C)C(=O)NC(C)CCC(C)=O. The number of rotatable bonds is 6. The second-order valence-electron chi connectivity index (χ2n) is 3.70. The lowest BCUT2D eigenvalue weighted by atomic mass is 10.1. The minimum Gasteiger partial charge on any atom is -0.350 e. The molecule has 84 valence electrons. The molecule has 0 saturated heterocycles. The first-order valence-corrected chi connectivity index (χ1v) is 5.07. The Balaban J connectivity index is 4.01. The van der Waals surface area contributed by atoms with Gasteiger partial charge in [-0.25, -0.2) is 0 Å². The van der Waals surface area contributed by atoms with E-state index < -0.39 is 0 Å². The molecule has 0 rings (SSSR count). The highest BCUT2D eigenvalue weighted by Crippen LogP contribution is 2.00. The van der Waals surface area contributed by atoms with E-state index in [1.165, 1.54) is 0 Å².